The molecule has 302 valence electrons. The number of para-hydroxylation sites is 5. The second-order valence-electron chi connectivity index (χ2n) is 18.6. The molecule has 0 aliphatic carbocycles. The predicted molar refractivity (Wildman–Crippen MR) is 267 cm³/mol. The Morgan fingerprint density at radius 2 is 0.871 bits per heavy atom. The lowest BCUT2D eigenvalue weighted by Crippen LogP contribution is -2.19. The lowest BCUT2D eigenvalue weighted by Gasteiger charge is -2.33. The number of aromatic nitrogens is 1. The fourth-order valence-corrected chi connectivity index (χ4v) is 9.31. The van der Waals surface area contributed by atoms with E-state index in [4.69, 9.17) is 0 Å². The van der Waals surface area contributed by atoms with Gasteiger partial charge in [-0.05, 0) is 91.9 Å². The minimum absolute atomic E-state index is 0.0802. The van der Waals surface area contributed by atoms with E-state index in [1.54, 1.807) is 0 Å². The Hall–Kier alpha value is -7.16. The predicted octanol–water partition coefficient (Wildman–Crippen LogP) is 17.0. The van der Waals surface area contributed by atoms with E-state index in [-0.39, 0.29) is 10.8 Å². The second-order valence-corrected chi connectivity index (χ2v) is 18.6. The molecule has 9 aromatic carbocycles. The Kier molecular flexibility index (Phi) is 9.68. The summed E-state index contributed by atoms with van der Waals surface area (Å²) in [6, 6.07) is 76.1. The molecular formula is C60H52N2. The van der Waals surface area contributed by atoms with Crippen molar-refractivity contribution >= 4 is 49.6 Å². The van der Waals surface area contributed by atoms with Gasteiger partial charge in [0.25, 0.3) is 0 Å². The first-order chi connectivity index (χ1) is 30.1. The number of rotatable bonds is 7. The van der Waals surface area contributed by atoms with Crippen LogP contribution in [0.1, 0.15) is 52.7 Å². The molecule has 2 heteroatoms. The summed E-state index contributed by atoms with van der Waals surface area (Å²) in [6.45, 7) is 14.0. The first-order valence-corrected chi connectivity index (χ1v) is 21.9. The molecule has 0 saturated heterocycles. The molecule has 2 nitrogen and oxygen atoms in total. The van der Waals surface area contributed by atoms with E-state index in [1.807, 2.05) is 0 Å². The maximum Gasteiger partial charge on any atom is 0.0620 e. The zero-order valence-corrected chi connectivity index (χ0v) is 36.5. The van der Waals surface area contributed by atoms with Gasteiger partial charge in [0.1, 0.15) is 0 Å². The highest BCUT2D eigenvalue weighted by Gasteiger charge is 2.28. The summed E-state index contributed by atoms with van der Waals surface area (Å²) in [7, 11) is 0. The highest BCUT2D eigenvalue weighted by molar-refractivity contribution is 6.15. The van der Waals surface area contributed by atoms with Gasteiger partial charge in [-0.1, -0.05) is 205 Å². The zero-order valence-electron chi connectivity index (χ0n) is 36.5. The third kappa shape index (κ3) is 6.86. The Labute approximate surface area is 366 Å². The quantitative estimate of drug-likeness (QED) is 0.156. The van der Waals surface area contributed by atoms with Gasteiger partial charge in [-0.15, -0.1) is 0 Å². The minimum atomic E-state index is -0.0802. The molecule has 0 aliphatic heterocycles. The van der Waals surface area contributed by atoms with Crippen LogP contribution in [0.25, 0.3) is 71.6 Å². The van der Waals surface area contributed by atoms with Gasteiger partial charge in [-0.3, -0.25) is 0 Å². The average Bonchev–Trinajstić information content (AvgIpc) is 3.64. The molecule has 10 rings (SSSR count). The fourth-order valence-electron chi connectivity index (χ4n) is 9.31. The van der Waals surface area contributed by atoms with E-state index in [0.717, 1.165) is 28.3 Å². The van der Waals surface area contributed by atoms with E-state index in [2.05, 4.69) is 257 Å². The topological polar surface area (TPSA) is 8.17 Å². The van der Waals surface area contributed by atoms with Crippen molar-refractivity contribution in [2.45, 2.75) is 52.4 Å². The lowest BCUT2D eigenvalue weighted by molar-refractivity contribution is 0.569. The molecule has 1 heterocycles. The highest BCUT2D eigenvalue weighted by Crippen LogP contribution is 2.50. The average molecular weight is 801 g/mol. The van der Waals surface area contributed by atoms with Crippen molar-refractivity contribution in [1.82, 2.24) is 4.57 Å². The molecule has 0 N–H and O–H groups in total. The normalized spacial score (nSPS) is 12.0. The minimum Gasteiger partial charge on any atom is -0.309 e. The van der Waals surface area contributed by atoms with Gasteiger partial charge in [0.15, 0.2) is 0 Å². The van der Waals surface area contributed by atoms with E-state index in [1.165, 1.54) is 71.5 Å². The number of benzene rings is 9. The van der Waals surface area contributed by atoms with Gasteiger partial charge < -0.3 is 9.47 Å². The molecule has 0 unspecified atom stereocenters. The molecule has 62 heavy (non-hydrogen) atoms. The van der Waals surface area contributed by atoms with Crippen LogP contribution >= 0.6 is 0 Å². The summed E-state index contributed by atoms with van der Waals surface area (Å²) >= 11 is 0. The van der Waals surface area contributed by atoms with Gasteiger partial charge in [0, 0.05) is 38.8 Å². The molecule has 0 fully saturated rings. The Morgan fingerprint density at radius 1 is 0.387 bits per heavy atom. The zero-order chi connectivity index (χ0) is 42.6. The molecule has 10 aromatic rings. The molecule has 0 bridgehead atoms. The van der Waals surface area contributed by atoms with Crippen LogP contribution in [0.4, 0.5) is 17.1 Å². The van der Waals surface area contributed by atoms with E-state index in [0.29, 0.717) is 0 Å². The summed E-state index contributed by atoms with van der Waals surface area (Å²) < 4.78 is 2.45. The molecule has 0 amide bonds. The Bertz CT molecular complexity index is 3210. The molecule has 0 atom stereocenters. The van der Waals surface area contributed by atoms with Crippen molar-refractivity contribution in [2.24, 2.45) is 0 Å². The summed E-state index contributed by atoms with van der Waals surface area (Å²) in [6.07, 6.45) is 0. The molecule has 0 spiro atoms. The Balaban J connectivity index is 1.31. The molecule has 0 radical (unpaired) electrons. The highest BCUT2D eigenvalue weighted by atomic mass is 15.1. The van der Waals surface area contributed by atoms with Crippen molar-refractivity contribution in [3.63, 3.8) is 0 Å². The van der Waals surface area contributed by atoms with Crippen molar-refractivity contribution in [3.05, 3.63) is 217 Å². The third-order valence-corrected chi connectivity index (χ3v) is 12.5. The van der Waals surface area contributed by atoms with Crippen LogP contribution in [-0.2, 0) is 10.8 Å². The number of fused-ring (bicyclic) bond motifs is 4. The molecule has 0 aliphatic rings. The van der Waals surface area contributed by atoms with Crippen LogP contribution in [-0.4, -0.2) is 4.57 Å². The van der Waals surface area contributed by atoms with E-state index >= 15 is 0 Å². The number of hydrogen-bond acceptors (Lipinski definition) is 1. The van der Waals surface area contributed by atoms with Crippen LogP contribution in [0.15, 0.2) is 206 Å². The first kappa shape index (κ1) is 39.0. The van der Waals surface area contributed by atoms with Gasteiger partial charge in [0.2, 0.25) is 0 Å². The maximum absolute atomic E-state index is 2.55. The molecule has 0 saturated carbocycles. The smallest absolute Gasteiger partial charge is 0.0620 e. The van der Waals surface area contributed by atoms with E-state index < -0.39 is 0 Å². The largest absolute Gasteiger partial charge is 0.309 e. The van der Waals surface area contributed by atoms with Crippen LogP contribution in [0.2, 0.25) is 0 Å². The van der Waals surface area contributed by atoms with Crippen molar-refractivity contribution in [2.75, 3.05) is 4.90 Å². The van der Waals surface area contributed by atoms with Gasteiger partial charge in [-0.2, -0.15) is 0 Å². The van der Waals surface area contributed by atoms with E-state index in [9.17, 15) is 0 Å². The molecular weight excluding hydrogens is 749 g/mol. The van der Waals surface area contributed by atoms with Crippen LogP contribution in [0.3, 0.4) is 0 Å². The first-order valence-electron chi connectivity index (χ1n) is 21.9. The van der Waals surface area contributed by atoms with Gasteiger partial charge in [0.05, 0.1) is 22.4 Å². The lowest BCUT2D eigenvalue weighted by atomic mass is 9.80. The third-order valence-electron chi connectivity index (χ3n) is 12.5. The molecule has 1 aromatic heterocycles. The van der Waals surface area contributed by atoms with Crippen molar-refractivity contribution in [3.8, 4) is 39.1 Å². The summed E-state index contributed by atoms with van der Waals surface area (Å²) in [5, 5.41) is 4.94. The van der Waals surface area contributed by atoms with Crippen LogP contribution < -0.4 is 4.90 Å². The standard InChI is InChI=1S/C60H52N2/c1-59(2,3)43-38-44(60(4,5)6)40-46(39-43)61(54-35-16-13-28-48(54)51-32-20-25-42-24-19-31-47(57(42)51)41-22-9-7-10-23-41)55-36-17-14-29-49(55)52-33-21-34-53-50-30-15-18-37-56(50)62(58(52)53)45-26-11-8-12-27-45/h7-40H,1-6H3. The SMILES string of the molecule is CC(C)(C)c1cc(N(c2ccccc2-c2cccc3cccc(-c4ccccc4)c23)c2ccccc2-c2cccc3c4ccccc4n(-c4ccccc4)c23)cc(C(C)(C)C)c1. The fraction of sp³-hybridized carbons (Fsp3) is 0.133. The second kappa shape index (κ2) is 15.4. The van der Waals surface area contributed by atoms with Gasteiger partial charge in [-0.25, -0.2) is 0 Å². The monoisotopic (exact) mass is 800 g/mol. The van der Waals surface area contributed by atoms with Gasteiger partial charge >= 0.3 is 0 Å². The Morgan fingerprint density at radius 3 is 1.52 bits per heavy atom. The maximum atomic E-state index is 2.55. The number of nitrogens with zero attached hydrogens (tertiary/aromatic N) is 2. The van der Waals surface area contributed by atoms with Crippen LogP contribution in [0.5, 0.6) is 0 Å². The van der Waals surface area contributed by atoms with Crippen molar-refractivity contribution in [1.29, 1.82) is 0 Å². The number of anilines is 3. The van der Waals surface area contributed by atoms with Crippen LogP contribution in [0, 0.1) is 0 Å². The summed E-state index contributed by atoms with van der Waals surface area (Å²) in [4.78, 5) is 2.55. The summed E-state index contributed by atoms with van der Waals surface area (Å²) in [5.74, 6) is 0. The van der Waals surface area contributed by atoms with Crippen molar-refractivity contribution < 1.29 is 0 Å². The number of hydrogen-bond donors (Lipinski definition) is 0. The summed E-state index contributed by atoms with van der Waals surface area (Å²) in [5.41, 5.74) is 16.5.